The maximum absolute atomic E-state index is 6.14. The van der Waals surface area contributed by atoms with E-state index < -0.39 is 0 Å². The lowest BCUT2D eigenvalue weighted by Crippen LogP contribution is -2.08. The van der Waals surface area contributed by atoms with Gasteiger partial charge in [-0.2, -0.15) is 4.98 Å². The molecule has 0 spiro atoms. The summed E-state index contributed by atoms with van der Waals surface area (Å²) < 4.78 is 10.6. The Labute approximate surface area is 120 Å². The molecule has 102 valence electrons. The molecule has 0 fully saturated rings. The fraction of sp³-hybridized carbons (Fsp3) is 0.333. The maximum atomic E-state index is 6.14. The molecule has 19 heavy (non-hydrogen) atoms. The van der Waals surface area contributed by atoms with Gasteiger partial charge in [-0.05, 0) is 26.1 Å². The van der Waals surface area contributed by atoms with E-state index in [1.807, 2.05) is 7.05 Å². The molecular formula is C12H13Cl2N3O2. The Morgan fingerprint density at radius 3 is 2.79 bits per heavy atom. The van der Waals surface area contributed by atoms with E-state index in [1.54, 1.807) is 19.1 Å². The van der Waals surface area contributed by atoms with Gasteiger partial charge in [-0.1, -0.05) is 28.4 Å². The Bertz CT molecular complexity index is 572. The number of benzene rings is 1. The molecule has 7 heteroatoms. The van der Waals surface area contributed by atoms with Gasteiger partial charge in [0.1, 0.15) is 5.75 Å². The molecule has 1 N–H and O–H groups in total. The molecule has 1 heterocycles. The lowest BCUT2D eigenvalue weighted by atomic mass is 10.2. The fourth-order valence-corrected chi connectivity index (χ4v) is 2.22. The third kappa shape index (κ3) is 3.59. The number of ether oxygens (including phenoxy) is 1. The Balaban J connectivity index is 2.18. The number of aryl methyl sites for hydroxylation is 1. The van der Waals surface area contributed by atoms with Crippen LogP contribution >= 0.6 is 23.2 Å². The van der Waals surface area contributed by atoms with Crippen LogP contribution < -0.4 is 10.1 Å². The molecule has 0 atom stereocenters. The summed E-state index contributed by atoms with van der Waals surface area (Å²) in [5, 5.41) is 7.74. The summed E-state index contributed by atoms with van der Waals surface area (Å²) in [6.45, 7) is 2.51. The van der Waals surface area contributed by atoms with Crippen molar-refractivity contribution in [2.24, 2.45) is 0 Å². The van der Waals surface area contributed by atoms with Crippen LogP contribution in [0.25, 0.3) is 0 Å². The van der Waals surface area contributed by atoms with Crippen molar-refractivity contribution in [3.05, 3.63) is 39.5 Å². The zero-order valence-electron chi connectivity index (χ0n) is 10.5. The minimum atomic E-state index is 0.166. The van der Waals surface area contributed by atoms with Crippen LogP contribution in [0.2, 0.25) is 10.0 Å². The third-order valence-electron chi connectivity index (χ3n) is 2.36. The summed E-state index contributed by atoms with van der Waals surface area (Å²) in [5.74, 6) is 1.53. The molecule has 1 aromatic carbocycles. The van der Waals surface area contributed by atoms with E-state index in [0.29, 0.717) is 34.1 Å². The van der Waals surface area contributed by atoms with Crippen LogP contribution in [-0.4, -0.2) is 17.2 Å². The lowest BCUT2D eigenvalue weighted by molar-refractivity contribution is 0.240. The first kappa shape index (κ1) is 14.1. The first-order valence-corrected chi connectivity index (χ1v) is 6.40. The van der Waals surface area contributed by atoms with Gasteiger partial charge < -0.3 is 14.6 Å². The highest BCUT2D eigenvalue weighted by atomic mass is 35.5. The van der Waals surface area contributed by atoms with E-state index in [0.717, 1.165) is 5.56 Å². The van der Waals surface area contributed by atoms with Gasteiger partial charge in [0.2, 0.25) is 0 Å². The molecule has 0 aliphatic rings. The lowest BCUT2D eigenvalue weighted by Gasteiger charge is -2.12. The summed E-state index contributed by atoms with van der Waals surface area (Å²) >= 11 is 12.1. The number of hydrogen-bond donors (Lipinski definition) is 1. The maximum Gasteiger partial charge on any atom is 0.264 e. The number of halogens is 2. The number of aromatic nitrogens is 2. The average Bonchev–Trinajstić information content (AvgIpc) is 2.74. The van der Waals surface area contributed by atoms with Gasteiger partial charge >= 0.3 is 0 Å². The Hall–Kier alpha value is -1.30. The molecule has 2 rings (SSSR count). The van der Waals surface area contributed by atoms with Gasteiger partial charge in [0.15, 0.2) is 12.4 Å². The van der Waals surface area contributed by atoms with Gasteiger partial charge in [0.25, 0.3) is 5.89 Å². The minimum Gasteiger partial charge on any atom is -0.482 e. The van der Waals surface area contributed by atoms with Gasteiger partial charge in [0, 0.05) is 17.1 Å². The summed E-state index contributed by atoms with van der Waals surface area (Å²) in [6.07, 6.45) is 0. The average molecular weight is 302 g/mol. The van der Waals surface area contributed by atoms with Crippen molar-refractivity contribution in [3.63, 3.8) is 0 Å². The van der Waals surface area contributed by atoms with Crippen LogP contribution in [0, 0.1) is 6.92 Å². The minimum absolute atomic E-state index is 0.166. The highest BCUT2D eigenvalue weighted by Gasteiger charge is 2.12. The van der Waals surface area contributed by atoms with Gasteiger partial charge in [-0.15, -0.1) is 0 Å². The first-order valence-electron chi connectivity index (χ1n) is 5.64. The van der Waals surface area contributed by atoms with Crippen LogP contribution in [0.3, 0.4) is 0 Å². The smallest absolute Gasteiger partial charge is 0.264 e. The summed E-state index contributed by atoms with van der Waals surface area (Å²) in [4.78, 5) is 4.06. The van der Waals surface area contributed by atoms with E-state index in [2.05, 4.69) is 15.5 Å². The SMILES string of the molecule is CNCc1cc(Cl)cc(Cl)c1OCc1nc(C)no1. The van der Waals surface area contributed by atoms with E-state index in [-0.39, 0.29) is 6.61 Å². The van der Waals surface area contributed by atoms with Crippen LogP contribution in [0.4, 0.5) is 0 Å². The van der Waals surface area contributed by atoms with Crippen molar-refractivity contribution in [1.82, 2.24) is 15.5 Å². The van der Waals surface area contributed by atoms with Crippen molar-refractivity contribution in [3.8, 4) is 5.75 Å². The molecule has 0 radical (unpaired) electrons. The van der Waals surface area contributed by atoms with Crippen molar-refractivity contribution >= 4 is 23.2 Å². The van der Waals surface area contributed by atoms with Gasteiger partial charge in [0.05, 0.1) is 5.02 Å². The quantitative estimate of drug-likeness (QED) is 0.920. The molecule has 0 bridgehead atoms. The molecule has 0 aliphatic heterocycles. The zero-order chi connectivity index (χ0) is 13.8. The van der Waals surface area contributed by atoms with E-state index in [9.17, 15) is 0 Å². The molecule has 0 amide bonds. The monoisotopic (exact) mass is 301 g/mol. The summed E-state index contributed by atoms with van der Waals surface area (Å²) in [5.41, 5.74) is 0.872. The Morgan fingerprint density at radius 2 is 2.16 bits per heavy atom. The van der Waals surface area contributed by atoms with Crippen molar-refractivity contribution in [1.29, 1.82) is 0 Å². The summed E-state index contributed by atoms with van der Waals surface area (Å²) in [7, 11) is 1.83. The molecule has 0 unspecified atom stereocenters. The standard InChI is InChI=1S/C12H13Cl2N3O2/c1-7-16-11(19-17-7)6-18-12-8(5-15-2)3-9(13)4-10(12)14/h3-4,15H,5-6H2,1-2H3. The fourth-order valence-electron chi connectivity index (χ4n) is 1.63. The molecule has 0 aliphatic carbocycles. The molecule has 1 aromatic heterocycles. The predicted octanol–water partition coefficient (Wildman–Crippen LogP) is 2.98. The Kier molecular flexibility index (Phi) is 4.63. The number of nitrogens with zero attached hydrogens (tertiary/aromatic N) is 2. The normalized spacial score (nSPS) is 10.7. The Morgan fingerprint density at radius 1 is 1.37 bits per heavy atom. The number of nitrogens with one attached hydrogen (secondary N) is 1. The highest BCUT2D eigenvalue weighted by molar-refractivity contribution is 6.35. The van der Waals surface area contributed by atoms with E-state index in [4.69, 9.17) is 32.5 Å². The van der Waals surface area contributed by atoms with Crippen molar-refractivity contribution in [2.45, 2.75) is 20.1 Å². The van der Waals surface area contributed by atoms with Gasteiger partial charge in [-0.25, -0.2) is 0 Å². The second-order valence-electron chi connectivity index (χ2n) is 3.93. The van der Waals surface area contributed by atoms with E-state index >= 15 is 0 Å². The largest absolute Gasteiger partial charge is 0.482 e. The van der Waals surface area contributed by atoms with Crippen LogP contribution in [0.15, 0.2) is 16.7 Å². The van der Waals surface area contributed by atoms with Crippen molar-refractivity contribution in [2.75, 3.05) is 7.05 Å². The molecular weight excluding hydrogens is 289 g/mol. The molecule has 2 aromatic rings. The molecule has 5 nitrogen and oxygen atoms in total. The third-order valence-corrected chi connectivity index (χ3v) is 2.86. The first-order chi connectivity index (χ1) is 9.10. The second kappa shape index (κ2) is 6.23. The van der Waals surface area contributed by atoms with E-state index in [1.165, 1.54) is 0 Å². The molecule has 0 saturated carbocycles. The van der Waals surface area contributed by atoms with Gasteiger partial charge in [-0.3, -0.25) is 0 Å². The van der Waals surface area contributed by atoms with Crippen LogP contribution in [0.5, 0.6) is 5.75 Å². The highest BCUT2D eigenvalue weighted by Crippen LogP contribution is 2.32. The predicted molar refractivity (Wildman–Crippen MR) is 72.6 cm³/mol. The van der Waals surface area contributed by atoms with Crippen molar-refractivity contribution < 1.29 is 9.26 Å². The second-order valence-corrected chi connectivity index (χ2v) is 4.77. The number of hydrogen-bond acceptors (Lipinski definition) is 5. The van der Waals surface area contributed by atoms with Crippen LogP contribution in [0.1, 0.15) is 17.3 Å². The summed E-state index contributed by atoms with van der Waals surface area (Å²) in [6, 6.07) is 3.44. The number of rotatable bonds is 5. The zero-order valence-corrected chi connectivity index (χ0v) is 12.0. The topological polar surface area (TPSA) is 60.2 Å². The van der Waals surface area contributed by atoms with Crippen LogP contribution in [-0.2, 0) is 13.2 Å². The molecule has 0 saturated heterocycles.